The van der Waals surface area contributed by atoms with E-state index in [0.717, 1.165) is 43.7 Å². The van der Waals surface area contributed by atoms with E-state index in [1.165, 1.54) is 46.3 Å². The Morgan fingerprint density at radius 1 is 0.918 bits per heavy atom. The summed E-state index contributed by atoms with van der Waals surface area (Å²) in [4.78, 5) is 13.7. The third-order valence-electron chi connectivity index (χ3n) is 9.48. The summed E-state index contributed by atoms with van der Waals surface area (Å²) in [7, 11) is -3.84. The highest BCUT2D eigenvalue weighted by molar-refractivity contribution is 7.89. The fourth-order valence-corrected chi connectivity index (χ4v) is 8.43. The van der Waals surface area contributed by atoms with Crippen molar-refractivity contribution in [2.75, 3.05) is 19.6 Å². The van der Waals surface area contributed by atoms with E-state index in [-0.39, 0.29) is 39.9 Å². The van der Waals surface area contributed by atoms with Crippen molar-refractivity contribution in [1.29, 1.82) is 0 Å². The van der Waals surface area contributed by atoms with Crippen molar-refractivity contribution >= 4 is 15.9 Å². The first kappa shape index (κ1) is 38.6. The molecule has 10 heteroatoms. The molecule has 3 aromatic rings. The van der Waals surface area contributed by atoms with E-state index in [1.54, 1.807) is 0 Å². The van der Waals surface area contributed by atoms with Crippen molar-refractivity contribution < 1.29 is 27.1 Å². The minimum Gasteiger partial charge on any atom is -0.390 e. The molecule has 0 aromatic heterocycles. The lowest BCUT2D eigenvalue weighted by molar-refractivity contribution is 0.0788. The molecule has 0 aliphatic heterocycles. The summed E-state index contributed by atoms with van der Waals surface area (Å²) in [6.45, 7) is 11.2. The van der Waals surface area contributed by atoms with E-state index in [2.05, 4.69) is 55.7 Å². The van der Waals surface area contributed by atoms with Crippen LogP contribution in [0, 0.1) is 11.6 Å². The Kier molecular flexibility index (Phi) is 13.2. The summed E-state index contributed by atoms with van der Waals surface area (Å²) < 4.78 is 56.8. The molecule has 0 unspecified atom stereocenters. The Bertz CT molecular complexity index is 1640. The second kappa shape index (κ2) is 16.7. The van der Waals surface area contributed by atoms with Gasteiger partial charge in [0, 0.05) is 36.8 Å². The molecular weight excluding hydrogens is 645 g/mol. The summed E-state index contributed by atoms with van der Waals surface area (Å²) in [5.41, 5.74) is 2.32. The van der Waals surface area contributed by atoms with Crippen LogP contribution in [0.5, 0.6) is 0 Å². The van der Waals surface area contributed by atoms with Crippen molar-refractivity contribution in [3.05, 3.63) is 101 Å². The van der Waals surface area contributed by atoms with Gasteiger partial charge in [-0.3, -0.25) is 4.79 Å². The van der Waals surface area contributed by atoms with Crippen LogP contribution in [0.15, 0.2) is 71.6 Å². The lowest BCUT2D eigenvalue weighted by Crippen LogP contribution is -2.53. The van der Waals surface area contributed by atoms with Crippen molar-refractivity contribution in [1.82, 2.24) is 14.9 Å². The van der Waals surface area contributed by atoms with Crippen LogP contribution in [-0.2, 0) is 27.4 Å². The van der Waals surface area contributed by atoms with Crippen molar-refractivity contribution in [2.45, 2.75) is 114 Å². The maximum Gasteiger partial charge on any atom is 0.251 e. The van der Waals surface area contributed by atoms with Gasteiger partial charge >= 0.3 is 0 Å². The molecule has 3 aromatic carbocycles. The number of carbonyl (C=O) groups is 1. The lowest BCUT2D eigenvalue weighted by Gasteiger charge is -2.41. The van der Waals surface area contributed by atoms with Gasteiger partial charge in [-0.25, -0.2) is 17.2 Å². The Labute approximate surface area is 291 Å². The Balaban J connectivity index is 1.62. The van der Waals surface area contributed by atoms with Gasteiger partial charge in [0.1, 0.15) is 11.6 Å². The number of aliphatic hydroxyl groups is 1. The number of aliphatic hydroxyl groups excluding tert-OH is 1. The number of nitrogens with one attached hydrogen (secondary N) is 2. The largest absolute Gasteiger partial charge is 0.390 e. The molecule has 268 valence electrons. The highest BCUT2D eigenvalue weighted by atomic mass is 32.2. The van der Waals surface area contributed by atoms with Gasteiger partial charge in [0.2, 0.25) is 10.0 Å². The van der Waals surface area contributed by atoms with E-state index in [4.69, 9.17) is 0 Å². The van der Waals surface area contributed by atoms with Gasteiger partial charge in [0.25, 0.3) is 5.91 Å². The van der Waals surface area contributed by atoms with E-state index < -0.39 is 39.7 Å². The fourth-order valence-electron chi connectivity index (χ4n) is 6.76. The molecule has 1 aliphatic rings. The summed E-state index contributed by atoms with van der Waals surface area (Å²) >= 11 is 0. The Hall–Kier alpha value is -3.18. The van der Waals surface area contributed by atoms with Crippen LogP contribution in [0.1, 0.15) is 107 Å². The highest BCUT2D eigenvalue weighted by Gasteiger charge is 2.36. The minimum atomic E-state index is -3.84. The van der Waals surface area contributed by atoms with E-state index in [1.807, 2.05) is 13.8 Å². The zero-order valence-electron chi connectivity index (χ0n) is 29.6. The SMILES string of the molecule is CCCN(CCC)S(=O)(=O)c1cccc(C(=O)N[C@@H](Cc2cc(F)cc(F)c2)[C@H](O)CNC2(c3cccc(C(C)(C)C)c3)CCCCC2)c1. The molecule has 1 saturated carbocycles. The van der Waals surface area contributed by atoms with Gasteiger partial charge < -0.3 is 15.7 Å². The number of amides is 1. The van der Waals surface area contributed by atoms with Crippen LogP contribution in [0.25, 0.3) is 0 Å². The zero-order valence-corrected chi connectivity index (χ0v) is 30.4. The smallest absolute Gasteiger partial charge is 0.251 e. The van der Waals surface area contributed by atoms with E-state index >= 15 is 0 Å². The Morgan fingerprint density at radius 2 is 1.55 bits per heavy atom. The van der Waals surface area contributed by atoms with Gasteiger partial charge in [-0.05, 0) is 84.5 Å². The molecule has 1 fully saturated rings. The first-order chi connectivity index (χ1) is 23.2. The number of sulfonamides is 1. The summed E-state index contributed by atoms with van der Waals surface area (Å²) in [5.74, 6) is -2.11. The molecule has 0 heterocycles. The first-order valence-corrected chi connectivity index (χ1v) is 19.0. The van der Waals surface area contributed by atoms with Gasteiger partial charge in [0.15, 0.2) is 0 Å². The summed E-state index contributed by atoms with van der Waals surface area (Å²) in [6.07, 6.45) is 5.05. The molecule has 7 nitrogen and oxygen atoms in total. The molecule has 1 amide bonds. The minimum absolute atomic E-state index is 0.00439. The van der Waals surface area contributed by atoms with Crippen LogP contribution in [0.3, 0.4) is 0 Å². The fraction of sp³-hybridized carbons (Fsp3) is 0.513. The molecule has 2 atom stereocenters. The molecule has 0 saturated heterocycles. The third-order valence-corrected chi connectivity index (χ3v) is 11.4. The van der Waals surface area contributed by atoms with Crippen LogP contribution < -0.4 is 10.6 Å². The van der Waals surface area contributed by atoms with Gasteiger partial charge in [-0.1, -0.05) is 84.2 Å². The van der Waals surface area contributed by atoms with Crippen molar-refractivity contribution in [3.63, 3.8) is 0 Å². The van der Waals surface area contributed by atoms with Crippen LogP contribution >= 0.6 is 0 Å². The number of hydrogen-bond donors (Lipinski definition) is 3. The quantitative estimate of drug-likeness (QED) is 0.156. The van der Waals surface area contributed by atoms with Gasteiger partial charge in [-0.15, -0.1) is 0 Å². The number of nitrogens with zero attached hydrogens (tertiary/aromatic N) is 1. The molecule has 49 heavy (non-hydrogen) atoms. The van der Waals surface area contributed by atoms with Crippen molar-refractivity contribution in [3.8, 4) is 0 Å². The predicted molar refractivity (Wildman–Crippen MR) is 191 cm³/mol. The molecule has 0 bridgehead atoms. The molecule has 1 aliphatic carbocycles. The molecule has 0 radical (unpaired) electrons. The number of rotatable bonds is 15. The number of carbonyl (C=O) groups excluding carboxylic acids is 1. The maximum absolute atomic E-state index is 14.2. The van der Waals surface area contributed by atoms with Gasteiger partial charge in [0.05, 0.1) is 17.0 Å². The zero-order chi connectivity index (χ0) is 35.8. The van der Waals surface area contributed by atoms with E-state index in [0.29, 0.717) is 25.9 Å². The average molecular weight is 698 g/mol. The predicted octanol–water partition coefficient (Wildman–Crippen LogP) is 7.22. The topological polar surface area (TPSA) is 98.7 Å². The monoisotopic (exact) mass is 697 g/mol. The second-order valence-corrected chi connectivity index (χ2v) is 16.4. The van der Waals surface area contributed by atoms with Gasteiger partial charge in [-0.2, -0.15) is 4.31 Å². The van der Waals surface area contributed by atoms with E-state index in [9.17, 15) is 27.1 Å². The molecule has 3 N–H and O–H groups in total. The maximum atomic E-state index is 14.2. The third kappa shape index (κ3) is 9.96. The summed E-state index contributed by atoms with van der Waals surface area (Å²) in [5, 5.41) is 18.2. The van der Waals surface area contributed by atoms with Crippen LogP contribution in [0.4, 0.5) is 8.78 Å². The number of benzene rings is 3. The van der Waals surface area contributed by atoms with Crippen molar-refractivity contribution in [2.24, 2.45) is 0 Å². The highest BCUT2D eigenvalue weighted by Crippen LogP contribution is 2.38. The number of hydrogen-bond acceptors (Lipinski definition) is 5. The molecule has 0 spiro atoms. The second-order valence-electron chi connectivity index (χ2n) is 14.4. The normalized spacial score (nSPS) is 16.3. The molecule has 4 rings (SSSR count). The first-order valence-electron chi connectivity index (χ1n) is 17.6. The standard InChI is InChI=1S/C39H53F2N3O4S/c1-6-19-44(20-7-2)49(47,48)34-16-11-13-29(24-34)37(46)43-35(23-28-21-32(40)26-33(41)22-28)36(45)27-42-39(17-9-8-10-18-39)31-15-12-14-30(25-31)38(3,4)5/h11-16,21-22,24-26,35-36,42,45H,6-10,17-20,23,27H2,1-5H3,(H,43,46)/t35-,36+/m0/s1. The lowest BCUT2D eigenvalue weighted by atomic mass is 9.74. The number of halogens is 2. The summed E-state index contributed by atoms with van der Waals surface area (Å²) in [6, 6.07) is 16.6. The average Bonchev–Trinajstić information content (AvgIpc) is 3.06. The van der Waals surface area contributed by atoms with Crippen LogP contribution in [0.2, 0.25) is 0 Å². The van der Waals surface area contributed by atoms with Crippen LogP contribution in [-0.4, -0.2) is 55.5 Å². The molecular formula is C39H53F2N3O4S. The Morgan fingerprint density at radius 3 is 2.16 bits per heavy atom.